The molecule has 1 unspecified atom stereocenters. The average molecular weight is 425 g/mol. The van der Waals surface area contributed by atoms with Gasteiger partial charge in [0.2, 0.25) is 0 Å². The van der Waals surface area contributed by atoms with Crippen molar-refractivity contribution in [2.75, 3.05) is 35.2 Å². The molecule has 1 atom stereocenters. The summed E-state index contributed by atoms with van der Waals surface area (Å²) in [6.45, 7) is 2.56. The summed E-state index contributed by atoms with van der Waals surface area (Å²) in [7, 11) is 0. The van der Waals surface area contributed by atoms with E-state index in [4.69, 9.17) is 11.5 Å². The minimum atomic E-state index is -0.378. The summed E-state index contributed by atoms with van der Waals surface area (Å²) in [5.41, 5.74) is 16.2. The van der Waals surface area contributed by atoms with Gasteiger partial charge in [0, 0.05) is 43.0 Å². The molecule has 1 aliphatic carbocycles. The van der Waals surface area contributed by atoms with Gasteiger partial charge in [-0.25, -0.2) is 0 Å². The third kappa shape index (κ3) is 2.64. The standard InChI is InChI=1S/C25H23N5O2/c26-16-7-8-17(27)21-20(16)23(31)15-6-9-18-22(19(15)24(21)32)29-25(28-18)10-11-30(13-25)12-14-4-2-1-3-5-14/h1-9,28-29H,10-13,26-27H2. The second-order valence-corrected chi connectivity index (χ2v) is 8.84. The predicted octanol–water partition coefficient (Wildman–Crippen LogP) is 3.07. The maximum Gasteiger partial charge on any atom is 0.198 e. The van der Waals surface area contributed by atoms with Crippen LogP contribution in [-0.4, -0.2) is 35.2 Å². The Morgan fingerprint density at radius 3 is 2.31 bits per heavy atom. The first-order valence-electron chi connectivity index (χ1n) is 10.7. The number of likely N-dealkylation sites (tertiary alicyclic amines) is 1. The van der Waals surface area contributed by atoms with E-state index in [1.165, 1.54) is 5.56 Å². The third-order valence-electron chi connectivity index (χ3n) is 6.74. The summed E-state index contributed by atoms with van der Waals surface area (Å²) in [6.07, 6.45) is 0.872. The van der Waals surface area contributed by atoms with Gasteiger partial charge in [0.15, 0.2) is 11.6 Å². The molecule has 1 spiro atoms. The molecule has 0 bridgehead atoms. The molecule has 0 aromatic heterocycles. The highest BCUT2D eigenvalue weighted by Gasteiger charge is 2.45. The number of hydrogen-bond acceptors (Lipinski definition) is 7. The highest BCUT2D eigenvalue weighted by molar-refractivity contribution is 6.34. The van der Waals surface area contributed by atoms with Crippen LogP contribution < -0.4 is 22.1 Å². The Hall–Kier alpha value is -3.84. The molecule has 2 aliphatic heterocycles. The van der Waals surface area contributed by atoms with Crippen molar-refractivity contribution in [3.05, 3.63) is 82.4 Å². The van der Waals surface area contributed by atoms with Gasteiger partial charge in [-0.3, -0.25) is 14.5 Å². The Morgan fingerprint density at radius 1 is 0.844 bits per heavy atom. The lowest BCUT2D eigenvalue weighted by Gasteiger charge is -2.27. The van der Waals surface area contributed by atoms with Crippen LogP contribution in [0.5, 0.6) is 0 Å². The minimum absolute atomic E-state index is 0.204. The fourth-order valence-corrected chi connectivity index (χ4v) is 5.24. The van der Waals surface area contributed by atoms with Gasteiger partial charge < -0.3 is 22.1 Å². The molecular formula is C25H23N5O2. The molecule has 7 nitrogen and oxygen atoms in total. The van der Waals surface area contributed by atoms with Gasteiger partial charge in [0.05, 0.1) is 28.1 Å². The molecule has 3 aliphatic rings. The maximum absolute atomic E-state index is 13.5. The lowest BCUT2D eigenvalue weighted by atomic mass is 9.81. The summed E-state index contributed by atoms with van der Waals surface area (Å²) >= 11 is 0. The summed E-state index contributed by atoms with van der Waals surface area (Å²) in [5.74, 6) is -0.524. The molecule has 6 rings (SSSR count). The highest BCUT2D eigenvalue weighted by atomic mass is 16.1. The zero-order chi connectivity index (χ0) is 22.0. The van der Waals surface area contributed by atoms with Gasteiger partial charge in [0.1, 0.15) is 5.66 Å². The van der Waals surface area contributed by atoms with Crippen LogP contribution in [0.1, 0.15) is 43.8 Å². The zero-order valence-electron chi connectivity index (χ0n) is 17.4. The monoisotopic (exact) mass is 425 g/mol. The smallest absolute Gasteiger partial charge is 0.198 e. The number of ketones is 2. The Kier molecular flexibility index (Phi) is 3.88. The van der Waals surface area contributed by atoms with Crippen LogP contribution in [0.25, 0.3) is 0 Å². The first-order chi connectivity index (χ1) is 15.5. The molecule has 1 fully saturated rings. The topological polar surface area (TPSA) is 113 Å². The molecule has 6 N–H and O–H groups in total. The van der Waals surface area contributed by atoms with Crippen molar-refractivity contribution in [2.45, 2.75) is 18.6 Å². The van der Waals surface area contributed by atoms with Crippen LogP contribution in [0.15, 0.2) is 54.6 Å². The van der Waals surface area contributed by atoms with Crippen molar-refractivity contribution in [1.29, 1.82) is 0 Å². The Morgan fingerprint density at radius 2 is 1.56 bits per heavy atom. The normalized spacial score (nSPS) is 21.1. The fraction of sp³-hybridized carbons (Fsp3) is 0.200. The van der Waals surface area contributed by atoms with Crippen LogP contribution in [0.3, 0.4) is 0 Å². The molecule has 3 aromatic rings. The number of carbonyl (C=O) groups excluding carboxylic acids is 2. The largest absolute Gasteiger partial charge is 0.398 e. The highest BCUT2D eigenvalue weighted by Crippen LogP contribution is 2.46. The number of rotatable bonds is 2. The van der Waals surface area contributed by atoms with Crippen molar-refractivity contribution >= 4 is 34.3 Å². The lowest BCUT2D eigenvalue weighted by molar-refractivity contribution is 0.0981. The average Bonchev–Trinajstić information content (AvgIpc) is 3.35. The summed E-state index contributed by atoms with van der Waals surface area (Å²) in [4.78, 5) is 29.2. The van der Waals surface area contributed by atoms with E-state index >= 15 is 0 Å². The molecule has 7 heteroatoms. The van der Waals surface area contributed by atoms with E-state index in [0.29, 0.717) is 16.8 Å². The van der Waals surface area contributed by atoms with E-state index in [0.717, 1.165) is 31.7 Å². The molecule has 1 saturated heterocycles. The van der Waals surface area contributed by atoms with E-state index < -0.39 is 0 Å². The SMILES string of the molecule is Nc1ccc(N)c2c1C(=O)c1ccc3c(c1C2=O)NC1(CCN(Cc2ccccc2)C1)N3. The van der Waals surface area contributed by atoms with Gasteiger partial charge in [-0.2, -0.15) is 0 Å². The number of nitrogens with two attached hydrogens (primary N) is 2. The molecule has 0 amide bonds. The number of carbonyl (C=O) groups is 2. The lowest BCUT2D eigenvalue weighted by Crippen LogP contribution is -2.44. The molecule has 0 saturated carbocycles. The molecule has 32 heavy (non-hydrogen) atoms. The third-order valence-corrected chi connectivity index (χ3v) is 6.74. The number of fused-ring (bicyclic) bond motifs is 4. The van der Waals surface area contributed by atoms with Crippen molar-refractivity contribution in [3.63, 3.8) is 0 Å². The quantitative estimate of drug-likeness (QED) is 0.365. The second-order valence-electron chi connectivity index (χ2n) is 8.84. The van der Waals surface area contributed by atoms with Gasteiger partial charge in [-0.05, 0) is 29.8 Å². The van der Waals surface area contributed by atoms with Crippen LogP contribution in [0, 0.1) is 0 Å². The van der Waals surface area contributed by atoms with E-state index in [9.17, 15) is 9.59 Å². The number of benzene rings is 3. The van der Waals surface area contributed by atoms with E-state index in [2.05, 4.69) is 27.7 Å². The van der Waals surface area contributed by atoms with Gasteiger partial charge in [-0.1, -0.05) is 30.3 Å². The van der Waals surface area contributed by atoms with Gasteiger partial charge in [0.25, 0.3) is 0 Å². The number of nitrogen functional groups attached to an aromatic ring is 2. The van der Waals surface area contributed by atoms with Gasteiger partial charge >= 0.3 is 0 Å². The van der Waals surface area contributed by atoms with Crippen LogP contribution >= 0.6 is 0 Å². The van der Waals surface area contributed by atoms with Crippen LogP contribution in [0.2, 0.25) is 0 Å². The van der Waals surface area contributed by atoms with E-state index in [1.807, 2.05) is 24.3 Å². The van der Waals surface area contributed by atoms with Gasteiger partial charge in [-0.15, -0.1) is 0 Å². The van der Waals surface area contributed by atoms with Crippen LogP contribution in [0.4, 0.5) is 22.7 Å². The first kappa shape index (κ1) is 18.9. The molecule has 3 aromatic carbocycles. The van der Waals surface area contributed by atoms with Crippen molar-refractivity contribution in [3.8, 4) is 0 Å². The van der Waals surface area contributed by atoms with Crippen molar-refractivity contribution in [1.82, 2.24) is 4.90 Å². The zero-order valence-corrected chi connectivity index (χ0v) is 17.4. The fourth-order valence-electron chi connectivity index (χ4n) is 5.24. The second kappa shape index (κ2) is 6.58. The Balaban J connectivity index is 1.35. The van der Waals surface area contributed by atoms with Crippen molar-refractivity contribution < 1.29 is 9.59 Å². The molecule has 0 radical (unpaired) electrons. The number of nitrogens with zero attached hydrogens (tertiary/aromatic N) is 1. The van der Waals surface area contributed by atoms with Crippen LogP contribution in [-0.2, 0) is 6.54 Å². The van der Waals surface area contributed by atoms with Crippen molar-refractivity contribution in [2.24, 2.45) is 0 Å². The van der Waals surface area contributed by atoms with E-state index in [-0.39, 0.29) is 39.7 Å². The summed E-state index contributed by atoms with van der Waals surface area (Å²) in [5, 5.41) is 7.16. The number of nitrogens with one attached hydrogen (secondary N) is 2. The molecule has 2 heterocycles. The Bertz CT molecular complexity index is 1300. The molecule has 160 valence electrons. The number of anilines is 4. The van der Waals surface area contributed by atoms with E-state index in [1.54, 1.807) is 18.2 Å². The minimum Gasteiger partial charge on any atom is -0.398 e. The summed E-state index contributed by atoms with van der Waals surface area (Å²) in [6, 6.07) is 17.1. The summed E-state index contributed by atoms with van der Waals surface area (Å²) < 4.78 is 0. The predicted molar refractivity (Wildman–Crippen MR) is 125 cm³/mol. The number of hydrogen-bond donors (Lipinski definition) is 4. The molecular weight excluding hydrogens is 402 g/mol. The maximum atomic E-state index is 13.5. The first-order valence-corrected chi connectivity index (χ1v) is 10.7. The Labute approximate surface area is 185 Å².